The van der Waals surface area contributed by atoms with Crippen molar-refractivity contribution in [3.63, 3.8) is 0 Å². The first kappa shape index (κ1) is 22.8. The van der Waals surface area contributed by atoms with E-state index >= 15 is 0 Å². The predicted octanol–water partition coefficient (Wildman–Crippen LogP) is 3.85. The van der Waals surface area contributed by atoms with Crippen LogP contribution in [-0.4, -0.2) is 44.1 Å². The van der Waals surface area contributed by atoms with E-state index in [0.29, 0.717) is 36.2 Å². The van der Waals surface area contributed by atoms with Crippen LogP contribution in [0.4, 0.5) is 5.69 Å². The quantitative estimate of drug-likeness (QED) is 0.407. The molecular formula is C25H26N2O5S. The van der Waals surface area contributed by atoms with Gasteiger partial charge in [-0.1, -0.05) is 0 Å². The molecule has 0 amide bonds. The van der Waals surface area contributed by atoms with Crippen LogP contribution in [0, 0.1) is 13.8 Å². The lowest BCUT2D eigenvalue weighted by Crippen LogP contribution is -2.34. The van der Waals surface area contributed by atoms with Crippen LogP contribution in [0.15, 0.2) is 54.6 Å². The van der Waals surface area contributed by atoms with Crippen molar-refractivity contribution < 1.29 is 22.7 Å². The summed E-state index contributed by atoms with van der Waals surface area (Å²) in [7, 11) is -3.37. The fraction of sp³-hybridized carbons (Fsp3) is 0.280. The number of esters is 1. The number of benzene rings is 2. The van der Waals surface area contributed by atoms with Crippen LogP contribution >= 0.6 is 0 Å². The number of Topliss-reactive ketones (excluding diaryl/α,β-unsaturated/α-hetero) is 1. The smallest absolute Gasteiger partial charge is 0.338 e. The lowest BCUT2D eigenvalue weighted by molar-refractivity contribution is 0.0474. The Morgan fingerprint density at radius 2 is 1.58 bits per heavy atom. The first-order valence-electron chi connectivity index (χ1n) is 10.7. The highest BCUT2D eigenvalue weighted by molar-refractivity contribution is 7.92. The second-order valence-corrected chi connectivity index (χ2v) is 10.2. The molecule has 0 spiro atoms. The molecule has 0 fully saturated rings. The lowest BCUT2D eigenvalue weighted by atomic mass is 9.99. The van der Waals surface area contributed by atoms with Gasteiger partial charge in [0.15, 0.2) is 12.4 Å². The van der Waals surface area contributed by atoms with Crippen molar-refractivity contribution in [2.45, 2.75) is 26.7 Å². The van der Waals surface area contributed by atoms with Crippen molar-refractivity contribution in [1.29, 1.82) is 0 Å². The Bertz CT molecular complexity index is 1300. The van der Waals surface area contributed by atoms with Gasteiger partial charge < -0.3 is 9.30 Å². The minimum absolute atomic E-state index is 0.335. The van der Waals surface area contributed by atoms with Crippen LogP contribution in [0.25, 0.3) is 5.69 Å². The minimum atomic E-state index is -3.37. The number of nitrogens with zero attached hydrogens (tertiary/aromatic N) is 2. The number of hydrogen-bond donors (Lipinski definition) is 0. The second kappa shape index (κ2) is 8.86. The number of ketones is 1. The third-order valence-electron chi connectivity index (χ3n) is 5.84. The van der Waals surface area contributed by atoms with Crippen LogP contribution < -0.4 is 4.31 Å². The first-order chi connectivity index (χ1) is 15.6. The van der Waals surface area contributed by atoms with Crippen molar-refractivity contribution in [3.05, 3.63) is 82.7 Å². The molecule has 4 rings (SSSR count). The van der Waals surface area contributed by atoms with Crippen molar-refractivity contribution in [2.75, 3.05) is 23.7 Å². The molecule has 172 valence electrons. The lowest BCUT2D eigenvalue weighted by Gasteiger charge is -2.29. The van der Waals surface area contributed by atoms with Crippen LogP contribution in [0.3, 0.4) is 0 Å². The molecule has 1 aromatic heterocycles. The number of aromatic nitrogens is 1. The average molecular weight is 467 g/mol. The molecule has 0 saturated heterocycles. The van der Waals surface area contributed by atoms with Crippen LogP contribution in [0.1, 0.15) is 44.1 Å². The van der Waals surface area contributed by atoms with Gasteiger partial charge >= 0.3 is 5.97 Å². The standard InChI is InChI=1S/C25H26N2O5S/c1-17-6-7-18(2)27(17)22-11-8-19(9-12-22)25(29)32-16-24(28)21-10-13-23-20(15-21)5-4-14-26(23)33(3,30)31/h6-13,15H,4-5,14,16H2,1-3H3. The molecule has 1 aliphatic heterocycles. The summed E-state index contributed by atoms with van der Waals surface area (Å²) in [5.74, 6) is -0.907. The average Bonchev–Trinajstić information content (AvgIpc) is 3.13. The van der Waals surface area contributed by atoms with E-state index in [9.17, 15) is 18.0 Å². The molecule has 0 radical (unpaired) electrons. The maximum absolute atomic E-state index is 12.6. The number of rotatable bonds is 6. The summed E-state index contributed by atoms with van der Waals surface area (Å²) in [4.78, 5) is 25.1. The van der Waals surface area contributed by atoms with Gasteiger partial charge in [0, 0.05) is 29.2 Å². The monoisotopic (exact) mass is 466 g/mol. The molecule has 7 nitrogen and oxygen atoms in total. The SMILES string of the molecule is Cc1ccc(C)n1-c1ccc(C(=O)OCC(=O)c2ccc3c(c2)CCCN3S(C)(=O)=O)cc1. The summed E-state index contributed by atoms with van der Waals surface area (Å²) in [5, 5.41) is 0. The van der Waals surface area contributed by atoms with Crippen molar-refractivity contribution in [1.82, 2.24) is 4.57 Å². The van der Waals surface area contributed by atoms with E-state index in [4.69, 9.17) is 4.74 Å². The minimum Gasteiger partial charge on any atom is -0.454 e. The second-order valence-electron chi connectivity index (χ2n) is 8.28. The van der Waals surface area contributed by atoms with E-state index < -0.39 is 16.0 Å². The van der Waals surface area contributed by atoms with Gasteiger partial charge in [-0.25, -0.2) is 13.2 Å². The zero-order chi connectivity index (χ0) is 23.8. The number of sulfonamides is 1. The highest BCUT2D eigenvalue weighted by atomic mass is 32.2. The zero-order valence-electron chi connectivity index (χ0n) is 18.9. The molecule has 0 N–H and O–H groups in total. The van der Waals surface area contributed by atoms with Gasteiger partial charge in [-0.3, -0.25) is 9.10 Å². The number of aryl methyl sites for hydroxylation is 3. The molecule has 2 heterocycles. The van der Waals surface area contributed by atoms with Crippen LogP contribution in [0.5, 0.6) is 0 Å². The molecule has 0 aliphatic carbocycles. The fourth-order valence-corrected chi connectivity index (χ4v) is 5.20. The molecule has 0 saturated carbocycles. The summed E-state index contributed by atoms with van der Waals surface area (Å²) in [6, 6.07) is 16.0. The zero-order valence-corrected chi connectivity index (χ0v) is 19.7. The Kier molecular flexibility index (Phi) is 6.12. The van der Waals surface area contributed by atoms with Gasteiger partial charge in [-0.05, 0) is 86.8 Å². The Hall–Kier alpha value is -3.39. The molecular weight excluding hydrogens is 440 g/mol. The third-order valence-corrected chi connectivity index (χ3v) is 7.02. The fourth-order valence-electron chi connectivity index (χ4n) is 4.20. The van der Waals surface area contributed by atoms with Crippen molar-refractivity contribution >= 4 is 27.5 Å². The summed E-state index contributed by atoms with van der Waals surface area (Å²) in [6.07, 6.45) is 2.55. The highest BCUT2D eigenvalue weighted by Crippen LogP contribution is 2.30. The third kappa shape index (κ3) is 4.71. The van der Waals surface area contributed by atoms with E-state index in [0.717, 1.165) is 22.6 Å². The maximum Gasteiger partial charge on any atom is 0.338 e. The molecule has 0 atom stereocenters. The van der Waals surface area contributed by atoms with Gasteiger partial charge in [0.2, 0.25) is 10.0 Å². The Balaban J connectivity index is 1.42. The summed E-state index contributed by atoms with van der Waals surface area (Å²) in [6.45, 7) is 4.07. The molecule has 3 aromatic rings. The van der Waals surface area contributed by atoms with Gasteiger partial charge in [-0.15, -0.1) is 0 Å². The topological polar surface area (TPSA) is 85.7 Å². The molecule has 0 unspecified atom stereocenters. The van der Waals surface area contributed by atoms with E-state index in [1.54, 1.807) is 30.3 Å². The predicted molar refractivity (Wildman–Crippen MR) is 127 cm³/mol. The van der Waals surface area contributed by atoms with Crippen molar-refractivity contribution in [3.8, 4) is 5.69 Å². The van der Waals surface area contributed by atoms with E-state index in [-0.39, 0.29) is 12.4 Å². The molecule has 33 heavy (non-hydrogen) atoms. The molecule has 8 heteroatoms. The number of carbonyl (C=O) groups is 2. The normalized spacial score (nSPS) is 13.5. The largest absolute Gasteiger partial charge is 0.454 e. The van der Waals surface area contributed by atoms with Gasteiger partial charge in [0.25, 0.3) is 0 Å². The first-order valence-corrected chi connectivity index (χ1v) is 12.6. The number of anilines is 1. The Morgan fingerprint density at radius 3 is 2.21 bits per heavy atom. The van der Waals surface area contributed by atoms with E-state index in [1.165, 1.54) is 10.6 Å². The molecule has 0 bridgehead atoms. The van der Waals surface area contributed by atoms with Crippen molar-refractivity contribution in [2.24, 2.45) is 0 Å². The van der Waals surface area contributed by atoms with Gasteiger partial charge in [0.05, 0.1) is 17.5 Å². The highest BCUT2D eigenvalue weighted by Gasteiger charge is 2.25. The number of hydrogen-bond acceptors (Lipinski definition) is 5. The van der Waals surface area contributed by atoms with Crippen LogP contribution in [-0.2, 0) is 21.2 Å². The number of fused-ring (bicyclic) bond motifs is 1. The number of carbonyl (C=O) groups excluding carboxylic acids is 2. The Labute approximate surface area is 193 Å². The summed E-state index contributed by atoms with van der Waals surface area (Å²) in [5.41, 5.74) is 5.30. The summed E-state index contributed by atoms with van der Waals surface area (Å²) >= 11 is 0. The number of ether oxygens (including phenoxy) is 1. The van der Waals surface area contributed by atoms with Gasteiger partial charge in [0.1, 0.15) is 0 Å². The maximum atomic E-state index is 12.6. The van der Waals surface area contributed by atoms with Gasteiger partial charge in [-0.2, -0.15) is 0 Å². The van der Waals surface area contributed by atoms with Crippen LogP contribution in [0.2, 0.25) is 0 Å². The molecule has 1 aliphatic rings. The van der Waals surface area contributed by atoms with E-state index in [2.05, 4.69) is 4.57 Å². The molecule has 2 aromatic carbocycles. The van der Waals surface area contributed by atoms with E-state index in [1.807, 2.05) is 38.1 Å². The Morgan fingerprint density at radius 1 is 0.939 bits per heavy atom. The summed E-state index contributed by atoms with van der Waals surface area (Å²) < 4.78 is 32.7.